The van der Waals surface area contributed by atoms with Crippen molar-refractivity contribution in [3.8, 4) is 5.75 Å². The van der Waals surface area contributed by atoms with E-state index >= 15 is 0 Å². The van der Waals surface area contributed by atoms with E-state index < -0.39 is 17.3 Å². The molecular formula is C8H7BrFNO3. The van der Waals surface area contributed by atoms with Gasteiger partial charge in [-0.2, -0.15) is 0 Å². The van der Waals surface area contributed by atoms with Crippen molar-refractivity contribution < 1.29 is 19.0 Å². The zero-order valence-electron chi connectivity index (χ0n) is 7.17. The number of nitrogen functional groups attached to an aromatic ring is 1. The van der Waals surface area contributed by atoms with E-state index in [-0.39, 0.29) is 15.9 Å². The molecule has 0 amide bonds. The lowest BCUT2D eigenvalue weighted by Crippen LogP contribution is -2.05. The largest absolute Gasteiger partial charge is 0.493 e. The van der Waals surface area contributed by atoms with Gasteiger partial charge in [0, 0.05) is 0 Å². The van der Waals surface area contributed by atoms with Crippen LogP contribution in [0, 0.1) is 5.82 Å². The third-order valence-electron chi connectivity index (χ3n) is 1.63. The van der Waals surface area contributed by atoms with Crippen LogP contribution in [0.25, 0.3) is 0 Å². The number of nitrogens with two attached hydrogens (primary N) is 1. The fourth-order valence-corrected chi connectivity index (χ4v) is 1.60. The third kappa shape index (κ3) is 1.65. The van der Waals surface area contributed by atoms with E-state index in [1.54, 1.807) is 0 Å². The van der Waals surface area contributed by atoms with Crippen molar-refractivity contribution in [3.63, 3.8) is 0 Å². The molecular weight excluding hydrogens is 257 g/mol. The smallest absolute Gasteiger partial charge is 0.338 e. The minimum Gasteiger partial charge on any atom is -0.493 e. The summed E-state index contributed by atoms with van der Waals surface area (Å²) in [4.78, 5) is 10.6. The summed E-state index contributed by atoms with van der Waals surface area (Å²) in [6.45, 7) is 0. The van der Waals surface area contributed by atoms with Crippen LogP contribution in [0.4, 0.5) is 10.1 Å². The van der Waals surface area contributed by atoms with Gasteiger partial charge in [0.2, 0.25) is 0 Å². The Kier molecular flexibility index (Phi) is 2.95. The molecule has 0 aliphatic heterocycles. The number of carboxylic acids is 1. The Morgan fingerprint density at radius 1 is 1.71 bits per heavy atom. The van der Waals surface area contributed by atoms with E-state index in [0.717, 1.165) is 6.07 Å². The van der Waals surface area contributed by atoms with E-state index in [9.17, 15) is 9.18 Å². The van der Waals surface area contributed by atoms with Crippen molar-refractivity contribution >= 4 is 27.6 Å². The molecule has 1 aromatic rings. The fourth-order valence-electron chi connectivity index (χ4n) is 0.992. The minimum atomic E-state index is -1.38. The number of methoxy groups -OCH3 is 1. The van der Waals surface area contributed by atoms with Gasteiger partial charge in [-0.05, 0) is 22.0 Å². The SMILES string of the molecule is COc1c(N)cc(C(=O)O)c(F)c1Br. The summed E-state index contributed by atoms with van der Waals surface area (Å²) in [5.74, 6) is -2.19. The first kappa shape index (κ1) is 10.8. The summed E-state index contributed by atoms with van der Waals surface area (Å²) in [5.41, 5.74) is 5.03. The van der Waals surface area contributed by atoms with Gasteiger partial charge in [0.1, 0.15) is 0 Å². The Hall–Kier alpha value is -1.30. The van der Waals surface area contributed by atoms with Crippen LogP contribution in [0.2, 0.25) is 0 Å². The molecule has 4 nitrogen and oxygen atoms in total. The lowest BCUT2D eigenvalue weighted by Gasteiger charge is -2.09. The molecule has 3 N–H and O–H groups in total. The zero-order chi connectivity index (χ0) is 10.9. The average Bonchev–Trinajstić information content (AvgIpc) is 2.12. The molecule has 0 spiro atoms. The van der Waals surface area contributed by atoms with Gasteiger partial charge in [0.15, 0.2) is 11.6 Å². The van der Waals surface area contributed by atoms with Gasteiger partial charge in [-0.15, -0.1) is 0 Å². The number of carboxylic acid groups (broad SMARTS) is 1. The predicted molar refractivity (Wildman–Crippen MR) is 52.0 cm³/mol. The second-order valence-electron chi connectivity index (χ2n) is 2.48. The number of benzene rings is 1. The maximum absolute atomic E-state index is 13.3. The summed E-state index contributed by atoms with van der Waals surface area (Å²) in [6, 6.07) is 1.02. The lowest BCUT2D eigenvalue weighted by molar-refractivity contribution is 0.0691. The van der Waals surface area contributed by atoms with Gasteiger partial charge in [-0.3, -0.25) is 0 Å². The highest BCUT2D eigenvalue weighted by atomic mass is 79.9. The second-order valence-corrected chi connectivity index (χ2v) is 3.27. The van der Waals surface area contributed by atoms with Crippen LogP contribution in [0.5, 0.6) is 5.75 Å². The van der Waals surface area contributed by atoms with Crippen molar-refractivity contribution in [1.29, 1.82) is 0 Å². The first-order chi connectivity index (χ1) is 6.49. The molecule has 76 valence electrons. The number of anilines is 1. The molecule has 0 saturated heterocycles. The monoisotopic (exact) mass is 263 g/mol. The molecule has 0 aromatic heterocycles. The Morgan fingerprint density at radius 2 is 2.29 bits per heavy atom. The van der Waals surface area contributed by atoms with Gasteiger partial charge in [-0.1, -0.05) is 0 Å². The lowest BCUT2D eigenvalue weighted by atomic mass is 10.2. The standard InChI is InChI=1S/C8H7BrFNO3/c1-14-7-4(11)2-3(8(12)13)6(10)5(7)9/h2H,11H2,1H3,(H,12,13). The fraction of sp³-hybridized carbons (Fsp3) is 0.125. The molecule has 0 atom stereocenters. The number of aromatic carboxylic acids is 1. The van der Waals surface area contributed by atoms with Crippen molar-refractivity contribution in [1.82, 2.24) is 0 Å². The highest BCUT2D eigenvalue weighted by molar-refractivity contribution is 9.10. The Labute approximate surface area is 87.6 Å². The molecule has 0 unspecified atom stereocenters. The van der Waals surface area contributed by atoms with E-state index in [1.807, 2.05) is 0 Å². The molecule has 0 aliphatic carbocycles. The number of rotatable bonds is 2. The summed E-state index contributed by atoms with van der Waals surface area (Å²) < 4.78 is 18.0. The van der Waals surface area contributed by atoms with Crippen molar-refractivity contribution in [3.05, 3.63) is 21.9 Å². The minimum absolute atomic E-state index is 0.0678. The van der Waals surface area contributed by atoms with Crippen LogP contribution in [0.3, 0.4) is 0 Å². The van der Waals surface area contributed by atoms with Crippen LogP contribution in [0.1, 0.15) is 10.4 Å². The van der Waals surface area contributed by atoms with E-state index in [4.69, 9.17) is 15.6 Å². The summed E-state index contributed by atoms with van der Waals surface area (Å²) in [7, 11) is 1.32. The number of carbonyl (C=O) groups is 1. The van der Waals surface area contributed by atoms with Crippen LogP contribution in [-0.2, 0) is 0 Å². The normalized spacial score (nSPS) is 9.93. The molecule has 6 heteroatoms. The molecule has 1 rings (SSSR count). The van der Waals surface area contributed by atoms with Gasteiger partial charge in [0.05, 0.1) is 22.8 Å². The van der Waals surface area contributed by atoms with Crippen molar-refractivity contribution in [2.75, 3.05) is 12.8 Å². The van der Waals surface area contributed by atoms with Crippen LogP contribution >= 0.6 is 15.9 Å². The first-order valence-corrected chi connectivity index (χ1v) is 4.33. The Balaban J connectivity index is 3.47. The van der Waals surface area contributed by atoms with Crippen LogP contribution < -0.4 is 10.5 Å². The molecule has 0 fully saturated rings. The molecule has 0 heterocycles. The first-order valence-electron chi connectivity index (χ1n) is 3.53. The quantitative estimate of drug-likeness (QED) is 0.800. The molecule has 0 bridgehead atoms. The number of hydrogen-bond donors (Lipinski definition) is 2. The zero-order valence-corrected chi connectivity index (χ0v) is 8.76. The highest BCUT2D eigenvalue weighted by Crippen LogP contribution is 2.35. The predicted octanol–water partition coefficient (Wildman–Crippen LogP) is 1.88. The maximum atomic E-state index is 13.3. The average molecular weight is 264 g/mol. The van der Waals surface area contributed by atoms with Crippen LogP contribution in [-0.4, -0.2) is 18.2 Å². The second kappa shape index (κ2) is 3.83. The Bertz CT molecular complexity index is 395. The van der Waals surface area contributed by atoms with Crippen LogP contribution in [0.15, 0.2) is 10.5 Å². The Morgan fingerprint density at radius 3 is 2.71 bits per heavy atom. The summed E-state index contributed by atoms with van der Waals surface area (Å²) in [5, 5.41) is 8.62. The van der Waals surface area contributed by atoms with E-state index in [1.165, 1.54) is 7.11 Å². The van der Waals surface area contributed by atoms with E-state index in [0.29, 0.717) is 0 Å². The summed E-state index contributed by atoms with van der Waals surface area (Å²) in [6.07, 6.45) is 0. The van der Waals surface area contributed by atoms with E-state index in [2.05, 4.69) is 15.9 Å². The van der Waals surface area contributed by atoms with Gasteiger partial charge < -0.3 is 15.6 Å². The summed E-state index contributed by atoms with van der Waals surface area (Å²) >= 11 is 2.87. The molecule has 14 heavy (non-hydrogen) atoms. The maximum Gasteiger partial charge on any atom is 0.338 e. The number of halogens is 2. The number of ether oxygens (including phenoxy) is 1. The number of hydrogen-bond acceptors (Lipinski definition) is 3. The van der Waals surface area contributed by atoms with Gasteiger partial charge in [-0.25, -0.2) is 9.18 Å². The third-order valence-corrected chi connectivity index (χ3v) is 2.33. The molecule has 0 aliphatic rings. The highest BCUT2D eigenvalue weighted by Gasteiger charge is 2.19. The topological polar surface area (TPSA) is 72.5 Å². The van der Waals surface area contributed by atoms with Gasteiger partial charge in [0.25, 0.3) is 0 Å². The molecule has 0 radical (unpaired) electrons. The molecule has 1 aromatic carbocycles. The molecule has 0 saturated carbocycles. The van der Waals surface area contributed by atoms with Crippen molar-refractivity contribution in [2.45, 2.75) is 0 Å². The van der Waals surface area contributed by atoms with Crippen molar-refractivity contribution in [2.24, 2.45) is 0 Å². The van der Waals surface area contributed by atoms with Gasteiger partial charge >= 0.3 is 5.97 Å².